The van der Waals surface area contributed by atoms with Crippen molar-refractivity contribution in [3.63, 3.8) is 0 Å². The maximum Gasteiger partial charge on any atom is 0.184 e. The zero-order valence-electron chi connectivity index (χ0n) is 9.05. The van der Waals surface area contributed by atoms with Gasteiger partial charge in [0.1, 0.15) is 5.82 Å². The average Bonchev–Trinajstić information content (AvgIpc) is 2.66. The number of nitrogen functional groups attached to an aromatic ring is 1. The van der Waals surface area contributed by atoms with Gasteiger partial charge in [-0.2, -0.15) is 0 Å². The molecule has 2 aromatic rings. The first-order valence-electron chi connectivity index (χ1n) is 4.93. The molecule has 0 radical (unpaired) electrons. The molecule has 84 valence electrons. The second-order valence-corrected chi connectivity index (χ2v) is 3.77. The molecule has 2 N–H and O–H groups in total. The summed E-state index contributed by atoms with van der Waals surface area (Å²) < 4.78 is 14.6. The van der Waals surface area contributed by atoms with E-state index < -0.39 is 0 Å². The molecule has 2 rings (SSSR count). The normalized spacial score (nSPS) is 11.0. The second-order valence-electron chi connectivity index (χ2n) is 3.77. The molecule has 0 aliphatic carbocycles. The first kappa shape index (κ1) is 10.5. The monoisotopic (exact) mass is 221 g/mol. The van der Waals surface area contributed by atoms with Crippen molar-refractivity contribution in [3.8, 4) is 11.4 Å². The summed E-state index contributed by atoms with van der Waals surface area (Å²) in [5.41, 5.74) is 6.70. The van der Waals surface area contributed by atoms with Crippen LogP contribution in [-0.2, 0) is 0 Å². The lowest BCUT2D eigenvalue weighted by molar-refractivity contribution is 0.519. The zero-order chi connectivity index (χ0) is 11.7. The summed E-state index contributed by atoms with van der Waals surface area (Å²) in [6.07, 6.45) is 0. The fraction of sp³-hybridized carbons (Fsp3) is 0.300. The van der Waals surface area contributed by atoms with Crippen molar-refractivity contribution in [3.05, 3.63) is 24.0 Å². The molecule has 0 bridgehead atoms. The van der Waals surface area contributed by atoms with Gasteiger partial charge in [-0.3, -0.25) is 0 Å². The molecule has 0 atom stereocenters. The number of rotatable bonds is 2. The van der Waals surface area contributed by atoms with E-state index >= 15 is 0 Å². The first-order valence-corrected chi connectivity index (χ1v) is 4.93. The summed E-state index contributed by atoms with van der Waals surface area (Å²) in [6.45, 7) is 3.92. The first-order chi connectivity index (χ1) is 7.59. The SMILES string of the molecule is CC(C)n1nnnc1-c1ccc(F)cc1N. The molecule has 1 aromatic heterocycles. The zero-order valence-corrected chi connectivity index (χ0v) is 9.05. The van der Waals surface area contributed by atoms with E-state index in [2.05, 4.69) is 15.5 Å². The molecular formula is C10H12FN5. The van der Waals surface area contributed by atoms with Crippen LogP contribution in [0.2, 0.25) is 0 Å². The third kappa shape index (κ3) is 1.73. The molecule has 0 saturated heterocycles. The Labute approximate surface area is 92.1 Å². The van der Waals surface area contributed by atoms with Crippen LogP contribution in [0, 0.1) is 5.82 Å². The van der Waals surface area contributed by atoms with Gasteiger partial charge in [0.2, 0.25) is 0 Å². The van der Waals surface area contributed by atoms with Crippen LogP contribution in [0.3, 0.4) is 0 Å². The molecule has 1 heterocycles. The lowest BCUT2D eigenvalue weighted by atomic mass is 10.1. The predicted octanol–water partition coefficient (Wildman–Crippen LogP) is 1.64. The molecule has 0 fully saturated rings. The molecule has 5 nitrogen and oxygen atoms in total. The maximum atomic E-state index is 12.9. The van der Waals surface area contributed by atoms with Crippen molar-refractivity contribution in [1.82, 2.24) is 20.2 Å². The van der Waals surface area contributed by atoms with Crippen molar-refractivity contribution < 1.29 is 4.39 Å². The van der Waals surface area contributed by atoms with Crippen molar-refractivity contribution in [1.29, 1.82) is 0 Å². The minimum atomic E-state index is -0.371. The van der Waals surface area contributed by atoms with Crippen LogP contribution in [0.15, 0.2) is 18.2 Å². The van der Waals surface area contributed by atoms with Crippen LogP contribution < -0.4 is 5.73 Å². The molecule has 0 aliphatic heterocycles. The Hall–Kier alpha value is -1.98. The van der Waals surface area contributed by atoms with Crippen LogP contribution >= 0.6 is 0 Å². The van der Waals surface area contributed by atoms with E-state index in [9.17, 15) is 4.39 Å². The Morgan fingerprint density at radius 3 is 2.75 bits per heavy atom. The second kappa shape index (κ2) is 3.88. The summed E-state index contributed by atoms with van der Waals surface area (Å²) >= 11 is 0. The number of halogens is 1. The van der Waals surface area contributed by atoms with Crippen LogP contribution in [0.1, 0.15) is 19.9 Å². The topological polar surface area (TPSA) is 69.6 Å². The molecule has 16 heavy (non-hydrogen) atoms. The molecule has 6 heteroatoms. The maximum absolute atomic E-state index is 12.9. The molecule has 0 spiro atoms. The van der Waals surface area contributed by atoms with Crippen LogP contribution in [-0.4, -0.2) is 20.2 Å². The highest BCUT2D eigenvalue weighted by Crippen LogP contribution is 2.25. The summed E-state index contributed by atoms with van der Waals surface area (Å²) in [6, 6.07) is 4.30. The highest BCUT2D eigenvalue weighted by atomic mass is 19.1. The summed E-state index contributed by atoms with van der Waals surface area (Å²) in [5, 5.41) is 11.4. The van der Waals surface area contributed by atoms with Crippen LogP contribution in [0.25, 0.3) is 11.4 Å². The Morgan fingerprint density at radius 1 is 1.38 bits per heavy atom. The smallest absolute Gasteiger partial charge is 0.184 e. The van der Waals surface area contributed by atoms with Gasteiger partial charge in [-0.25, -0.2) is 9.07 Å². The lowest BCUT2D eigenvalue weighted by Crippen LogP contribution is -2.06. The standard InChI is InChI=1S/C10H12FN5/c1-6(2)16-10(13-14-15-16)8-4-3-7(11)5-9(8)12/h3-6H,12H2,1-2H3. The Balaban J connectivity index is 2.54. The average molecular weight is 221 g/mol. The Morgan fingerprint density at radius 2 is 2.12 bits per heavy atom. The van der Waals surface area contributed by atoms with Gasteiger partial charge >= 0.3 is 0 Å². The highest BCUT2D eigenvalue weighted by Gasteiger charge is 2.14. The van der Waals surface area contributed by atoms with Gasteiger partial charge in [0.05, 0.1) is 6.04 Å². The summed E-state index contributed by atoms with van der Waals surface area (Å²) in [4.78, 5) is 0. The largest absolute Gasteiger partial charge is 0.398 e. The number of hydrogen-bond acceptors (Lipinski definition) is 4. The quantitative estimate of drug-likeness (QED) is 0.783. The van der Waals surface area contributed by atoms with E-state index in [1.54, 1.807) is 10.7 Å². The third-order valence-corrected chi connectivity index (χ3v) is 2.24. The van der Waals surface area contributed by atoms with Crippen molar-refractivity contribution >= 4 is 5.69 Å². The van der Waals surface area contributed by atoms with E-state index in [-0.39, 0.29) is 11.9 Å². The van der Waals surface area contributed by atoms with E-state index in [0.29, 0.717) is 17.1 Å². The van der Waals surface area contributed by atoms with E-state index in [4.69, 9.17) is 5.73 Å². The van der Waals surface area contributed by atoms with E-state index in [0.717, 1.165) is 0 Å². The van der Waals surface area contributed by atoms with E-state index in [1.807, 2.05) is 13.8 Å². The van der Waals surface area contributed by atoms with Gasteiger partial charge in [-0.05, 0) is 42.5 Å². The minimum absolute atomic E-state index is 0.120. The van der Waals surface area contributed by atoms with Gasteiger partial charge in [-0.1, -0.05) is 0 Å². The fourth-order valence-corrected chi connectivity index (χ4v) is 1.46. The van der Waals surface area contributed by atoms with Crippen molar-refractivity contribution in [2.75, 3.05) is 5.73 Å². The molecular weight excluding hydrogens is 209 g/mol. The van der Waals surface area contributed by atoms with Gasteiger partial charge < -0.3 is 5.73 Å². The Bertz CT molecular complexity index is 506. The Kier molecular flexibility index (Phi) is 2.55. The number of tetrazole rings is 1. The molecule has 0 saturated carbocycles. The molecule has 0 aliphatic rings. The van der Waals surface area contributed by atoms with Crippen LogP contribution in [0.4, 0.5) is 10.1 Å². The number of nitrogens with two attached hydrogens (primary N) is 1. The fourth-order valence-electron chi connectivity index (χ4n) is 1.46. The summed E-state index contributed by atoms with van der Waals surface area (Å²) in [7, 11) is 0. The predicted molar refractivity (Wildman–Crippen MR) is 58.0 cm³/mol. The van der Waals surface area contributed by atoms with Gasteiger partial charge in [0, 0.05) is 11.3 Å². The molecule has 0 unspecified atom stereocenters. The van der Waals surface area contributed by atoms with Gasteiger partial charge in [-0.15, -0.1) is 5.10 Å². The van der Waals surface area contributed by atoms with Gasteiger partial charge in [0.15, 0.2) is 5.82 Å². The molecule has 1 aromatic carbocycles. The van der Waals surface area contributed by atoms with E-state index in [1.165, 1.54) is 12.1 Å². The van der Waals surface area contributed by atoms with Crippen molar-refractivity contribution in [2.45, 2.75) is 19.9 Å². The number of anilines is 1. The summed E-state index contributed by atoms with van der Waals surface area (Å²) in [5.74, 6) is 0.178. The van der Waals surface area contributed by atoms with Gasteiger partial charge in [0.25, 0.3) is 0 Å². The highest BCUT2D eigenvalue weighted by molar-refractivity contribution is 5.71. The number of hydrogen-bond donors (Lipinski definition) is 1. The van der Waals surface area contributed by atoms with Crippen molar-refractivity contribution in [2.24, 2.45) is 0 Å². The number of nitrogens with zero attached hydrogens (tertiary/aromatic N) is 4. The lowest BCUT2D eigenvalue weighted by Gasteiger charge is -2.09. The number of benzene rings is 1. The van der Waals surface area contributed by atoms with Crippen LogP contribution in [0.5, 0.6) is 0 Å². The molecule has 0 amide bonds. The number of aromatic nitrogens is 4. The third-order valence-electron chi connectivity index (χ3n) is 2.24. The minimum Gasteiger partial charge on any atom is -0.398 e.